The number of hydrogen-bond acceptors (Lipinski definition) is 7. The Morgan fingerprint density at radius 3 is 1.86 bits per heavy atom. The Morgan fingerprint density at radius 2 is 1.37 bits per heavy atom. The molecule has 0 saturated carbocycles. The Balaban J connectivity index is 1.64. The van der Waals surface area contributed by atoms with Crippen LogP contribution in [0.3, 0.4) is 0 Å². The maximum atomic E-state index is 13.9. The number of nitrogens with zero attached hydrogens (tertiary/aromatic N) is 5. The number of likely N-dealkylation sites (tertiary alicyclic amines) is 1. The number of thioether (sulfide) groups is 2. The summed E-state index contributed by atoms with van der Waals surface area (Å²) >= 11 is 9.00. The number of aromatic nitrogens is 4. The quantitative estimate of drug-likeness (QED) is 0.109. The summed E-state index contributed by atoms with van der Waals surface area (Å²) in [6.45, 7) is 2.59. The number of thiocarbonyl (C=S) groups is 1. The second kappa shape index (κ2) is 13.5. The van der Waals surface area contributed by atoms with Crippen LogP contribution in [-0.2, 0) is 11.3 Å². The standard InChI is InChI=1S/C33H32N5OPS3/c1-2-42-33(41)43-30-23-29(39)38(30)32(31-34-35-36-37(31)24-25-15-7-3-8-16-25)40(26-17-9-4-10-18-26,27-19-11-5-12-20-27)28-21-13-6-14-22-28/h3-22,30,32,40H,2,23-24H2,1H3. The van der Waals surface area contributed by atoms with Gasteiger partial charge in [-0.05, 0) is 0 Å². The molecule has 218 valence electrons. The molecular formula is C33H32N5OPS3. The van der Waals surface area contributed by atoms with Gasteiger partial charge in [-0.2, -0.15) is 0 Å². The SMILES string of the molecule is CCSC(=S)SC1CC(=O)N1C(c1nnnn1Cc1ccccc1)[PH](c1ccccc1)(c1ccccc1)c1ccccc1. The van der Waals surface area contributed by atoms with Gasteiger partial charge in [0.1, 0.15) is 0 Å². The molecule has 0 bridgehead atoms. The van der Waals surface area contributed by atoms with Gasteiger partial charge in [0.2, 0.25) is 0 Å². The van der Waals surface area contributed by atoms with E-state index in [4.69, 9.17) is 17.3 Å². The molecule has 0 N–H and O–H groups in total. The second-order valence-electron chi connectivity index (χ2n) is 10.2. The molecule has 0 radical (unpaired) electrons. The van der Waals surface area contributed by atoms with Crippen LogP contribution < -0.4 is 15.9 Å². The van der Waals surface area contributed by atoms with Gasteiger partial charge < -0.3 is 0 Å². The molecule has 10 heteroatoms. The molecule has 0 spiro atoms. The fourth-order valence-electron chi connectivity index (χ4n) is 5.95. The summed E-state index contributed by atoms with van der Waals surface area (Å²) in [4.78, 5) is 16.0. The van der Waals surface area contributed by atoms with Crippen molar-refractivity contribution in [1.82, 2.24) is 25.1 Å². The molecular weight excluding hydrogens is 610 g/mol. The summed E-state index contributed by atoms with van der Waals surface area (Å²) in [6.07, 6.45) is 0.425. The van der Waals surface area contributed by atoms with Crippen molar-refractivity contribution in [2.75, 3.05) is 5.75 Å². The van der Waals surface area contributed by atoms with Gasteiger partial charge in [0.15, 0.2) is 0 Å². The first-order chi connectivity index (χ1) is 21.1. The molecule has 2 heterocycles. The van der Waals surface area contributed by atoms with Crippen LogP contribution in [0.15, 0.2) is 121 Å². The van der Waals surface area contributed by atoms with E-state index in [1.807, 2.05) is 46.0 Å². The van der Waals surface area contributed by atoms with Crippen LogP contribution in [0.4, 0.5) is 0 Å². The first kappa shape index (κ1) is 29.7. The molecule has 1 amide bonds. The third-order valence-corrected chi connectivity index (χ3v) is 15.6. The first-order valence-electron chi connectivity index (χ1n) is 14.2. The van der Waals surface area contributed by atoms with E-state index in [0.717, 1.165) is 14.8 Å². The van der Waals surface area contributed by atoms with E-state index in [1.165, 1.54) is 15.9 Å². The average Bonchev–Trinajstić information content (AvgIpc) is 3.50. The van der Waals surface area contributed by atoms with Crippen molar-refractivity contribution >= 4 is 68.4 Å². The Bertz CT molecular complexity index is 1580. The summed E-state index contributed by atoms with van der Waals surface area (Å²) in [5.41, 5.74) is 1.09. The monoisotopic (exact) mass is 641 g/mol. The van der Waals surface area contributed by atoms with Gasteiger partial charge in [-0.1, -0.05) is 0 Å². The predicted octanol–water partition coefficient (Wildman–Crippen LogP) is 5.78. The molecule has 6 rings (SSSR count). The molecule has 5 aromatic rings. The number of rotatable bonds is 10. The Kier molecular flexibility index (Phi) is 9.34. The zero-order valence-corrected chi connectivity index (χ0v) is 27.1. The van der Waals surface area contributed by atoms with Crippen molar-refractivity contribution in [3.05, 3.63) is 133 Å². The van der Waals surface area contributed by atoms with Crippen molar-refractivity contribution in [3.63, 3.8) is 0 Å². The van der Waals surface area contributed by atoms with Gasteiger partial charge in [0.05, 0.1) is 0 Å². The number of carbonyl (C=O) groups is 1. The van der Waals surface area contributed by atoms with Crippen molar-refractivity contribution in [2.24, 2.45) is 0 Å². The van der Waals surface area contributed by atoms with Crippen LogP contribution in [-0.4, -0.2) is 45.7 Å². The fraction of sp³-hybridized carbons (Fsp3) is 0.182. The Morgan fingerprint density at radius 1 is 0.860 bits per heavy atom. The number of tetrazole rings is 1. The molecule has 1 fully saturated rings. The van der Waals surface area contributed by atoms with E-state index in [0.29, 0.717) is 18.8 Å². The van der Waals surface area contributed by atoms with Crippen molar-refractivity contribution in [2.45, 2.75) is 31.0 Å². The number of β-lactam (4-membered cyclic amide) rings is 1. The minimum absolute atomic E-state index is 0.0840. The average molecular weight is 642 g/mol. The molecule has 1 aliphatic rings. The van der Waals surface area contributed by atoms with E-state index >= 15 is 0 Å². The summed E-state index contributed by atoms with van der Waals surface area (Å²) in [6, 6.07) is 42.1. The van der Waals surface area contributed by atoms with E-state index in [1.54, 1.807) is 23.5 Å². The zero-order chi connectivity index (χ0) is 29.6. The van der Waals surface area contributed by atoms with Crippen LogP contribution in [0.25, 0.3) is 0 Å². The van der Waals surface area contributed by atoms with Gasteiger partial charge in [-0.25, -0.2) is 0 Å². The van der Waals surface area contributed by atoms with E-state index in [-0.39, 0.29) is 11.3 Å². The summed E-state index contributed by atoms with van der Waals surface area (Å²) < 4.78 is 2.72. The van der Waals surface area contributed by atoms with E-state index in [2.05, 4.69) is 102 Å². The van der Waals surface area contributed by atoms with Crippen LogP contribution in [0.2, 0.25) is 0 Å². The molecule has 2 unspecified atom stereocenters. The maximum absolute atomic E-state index is 13.9. The van der Waals surface area contributed by atoms with Crippen LogP contribution in [0, 0.1) is 0 Å². The van der Waals surface area contributed by atoms with E-state index in [9.17, 15) is 4.79 Å². The first-order valence-corrected chi connectivity index (χ1v) is 18.6. The number of hydrogen-bond donors (Lipinski definition) is 0. The van der Waals surface area contributed by atoms with Crippen LogP contribution in [0.5, 0.6) is 0 Å². The molecule has 4 aromatic carbocycles. The van der Waals surface area contributed by atoms with E-state index < -0.39 is 13.0 Å². The normalized spacial score (nSPS) is 16.0. The third kappa shape index (κ3) is 5.92. The molecule has 0 aliphatic carbocycles. The second-order valence-corrected chi connectivity index (χ2v) is 17.8. The summed E-state index contributed by atoms with van der Waals surface area (Å²) in [5, 5.41) is 16.9. The van der Waals surface area contributed by atoms with Crippen molar-refractivity contribution in [3.8, 4) is 0 Å². The number of carbonyl (C=O) groups excluding carboxylic acids is 1. The van der Waals surface area contributed by atoms with Crippen LogP contribution in [0.1, 0.15) is 30.5 Å². The van der Waals surface area contributed by atoms with Crippen molar-refractivity contribution in [1.29, 1.82) is 0 Å². The molecule has 1 saturated heterocycles. The Labute approximate surface area is 266 Å². The van der Waals surface area contributed by atoms with Gasteiger partial charge in [-0.3, -0.25) is 0 Å². The van der Waals surface area contributed by atoms with Gasteiger partial charge in [0.25, 0.3) is 0 Å². The molecule has 2 atom stereocenters. The molecule has 6 nitrogen and oxygen atoms in total. The predicted molar refractivity (Wildman–Crippen MR) is 186 cm³/mol. The molecule has 1 aromatic heterocycles. The Hall–Kier alpha value is -3.36. The minimum atomic E-state index is -3.11. The van der Waals surface area contributed by atoms with Crippen LogP contribution >= 0.6 is 43.0 Å². The third-order valence-electron chi connectivity index (χ3n) is 7.80. The topological polar surface area (TPSA) is 63.9 Å². The van der Waals surface area contributed by atoms with Gasteiger partial charge in [-0.15, -0.1) is 0 Å². The zero-order valence-electron chi connectivity index (χ0n) is 23.7. The number of benzene rings is 4. The van der Waals surface area contributed by atoms with Crippen molar-refractivity contribution < 1.29 is 4.79 Å². The molecule has 1 aliphatic heterocycles. The fourth-order valence-corrected chi connectivity index (χ4v) is 14.2. The van der Waals surface area contributed by atoms with Gasteiger partial charge >= 0.3 is 268 Å². The molecule has 43 heavy (non-hydrogen) atoms. The summed E-state index contributed by atoms with van der Waals surface area (Å²) in [7, 11) is -3.11. The number of amides is 1. The van der Waals surface area contributed by atoms with Gasteiger partial charge in [0, 0.05) is 0 Å². The summed E-state index contributed by atoms with van der Waals surface area (Å²) in [5.74, 6) is 1.22.